The van der Waals surface area contributed by atoms with Crippen LogP contribution in [-0.2, 0) is 26.2 Å². The van der Waals surface area contributed by atoms with Crippen LogP contribution in [0.2, 0.25) is 13.1 Å². The van der Waals surface area contributed by atoms with Crippen LogP contribution in [0.4, 0.5) is 0 Å². The van der Waals surface area contributed by atoms with E-state index in [1.54, 1.807) is 22.2 Å². The minimum Gasteiger partial charge on any atom is -1.00 e. The molecule has 0 saturated carbocycles. The van der Waals surface area contributed by atoms with Crippen molar-refractivity contribution in [3.63, 3.8) is 0 Å². The standard InChI is InChI=1S/C24H25Si.2ClH.Zr/c1-16(18-15-13-17-8-4-5-9-19(17)18)12-14-22-20-10-6-7-11-21(20)23-24(22)25(23,2)3;;;/h4-11,13,15,18,22H,12,14H2,1-3H3;2*1H;/q-1;;;+3/p-2. The van der Waals surface area contributed by atoms with Crippen molar-refractivity contribution in [2.75, 3.05) is 0 Å². The fourth-order valence-electron chi connectivity index (χ4n) is 5.28. The first kappa shape index (κ1) is 23.9. The van der Waals surface area contributed by atoms with Crippen molar-refractivity contribution in [3.8, 4) is 0 Å². The van der Waals surface area contributed by atoms with E-state index in [0.29, 0.717) is 11.8 Å². The maximum absolute atomic E-state index is 2.53. The van der Waals surface area contributed by atoms with Gasteiger partial charge < -0.3 is 30.7 Å². The van der Waals surface area contributed by atoms with Crippen molar-refractivity contribution >= 4 is 19.3 Å². The average Bonchev–Trinajstić information content (AvgIpc) is 2.96. The van der Waals surface area contributed by atoms with Crippen molar-refractivity contribution in [2.24, 2.45) is 0 Å². The molecule has 2 unspecified atom stereocenters. The molecule has 1 radical (unpaired) electrons. The van der Waals surface area contributed by atoms with Crippen molar-refractivity contribution < 1.29 is 51.0 Å². The maximum atomic E-state index is 2.53. The summed E-state index contributed by atoms with van der Waals surface area (Å²) in [6, 6.07) is 18.0. The van der Waals surface area contributed by atoms with Crippen molar-refractivity contribution in [2.45, 2.75) is 44.7 Å². The zero-order chi connectivity index (χ0) is 17.2. The van der Waals surface area contributed by atoms with Gasteiger partial charge in [0, 0.05) is 5.92 Å². The van der Waals surface area contributed by atoms with Gasteiger partial charge in [-0.15, -0.1) is 12.0 Å². The molecule has 0 aromatic heterocycles. The van der Waals surface area contributed by atoms with Gasteiger partial charge in [-0.2, -0.15) is 13.3 Å². The normalized spacial score (nSPS) is 21.9. The van der Waals surface area contributed by atoms with Gasteiger partial charge in [0.15, 0.2) is 0 Å². The molecule has 5 rings (SSSR count). The van der Waals surface area contributed by atoms with Crippen LogP contribution in [-0.4, -0.2) is 8.07 Å². The molecule has 0 nitrogen and oxygen atoms in total. The number of hydrogen-bond acceptors (Lipinski definition) is 0. The summed E-state index contributed by atoms with van der Waals surface area (Å²) in [5.41, 5.74) is 6.09. The van der Waals surface area contributed by atoms with Crippen molar-refractivity contribution in [1.82, 2.24) is 0 Å². The van der Waals surface area contributed by atoms with Gasteiger partial charge >= 0.3 is 26.2 Å². The monoisotopic (exact) mass is 501 g/mol. The largest absolute Gasteiger partial charge is 3.00 e. The second-order valence-electron chi connectivity index (χ2n) is 8.40. The maximum Gasteiger partial charge on any atom is 3.00 e. The molecule has 4 heteroatoms. The van der Waals surface area contributed by atoms with E-state index in [4.69, 9.17) is 0 Å². The van der Waals surface area contributed by atoms with Crippen LogP contribution in [0.1, 0.15) is 53.9 Å². The molecule has 3 aliphatic rings. The Hall–Kier alpha value is -0.400. The van der Waals surface area contributed by atoms with Crippen molar-refractivity contribution in [3.05, 3.63) is 88.0 Å². The topological polar surface area (TPSA) is 0 Å². The van der Waals surface area contributed by atoms with E-state index in [1.165, 1.54) is 24.0 Å². The van der Waals surface area contributed by atoms with E-state index in [0.717, 1.165) is 0 Å². The van der Waals surface area contributed by atoms with Gasteiger partial charge in [-0.1, -0.05) is 90.1 Å². The number of rotatable bonds is 4. The van der Waals surface area contributed by atoms with Gasteiger partial charge in [-0.3, -0.25) is 0 Å². The van der Waals surface area contributed by atoms with E-state index in [9.17, 15) is 0 Å². The summed E-state index contributed by atoms with van der Waals surface area (Å²) in [5, 5.41) is 3.63. The molecule has 2 aliphatic carbocycles. The molecule has 1 heterocycles. The minimum absolute atomic E-state index is 0. The molecule has 143 valence electrons. The van der Waals surface area contributed by atoms with Crippen LogP contribution >= 0.6 is 0 Å². The van der Waals surface area contributed by atoms with Gasteiger partial charge in [0.25, 0.3) is 0 Å². The summed E-state index contributed by atoms with van der Waals surface area (Å²) in [6.07, 6.45) is 7.20. The molecule has 0 spiro atoms. The first-order valence-electron chi connectivity index (χ1n) is 9.53. The smallest absolute Gasteiger partial charge is 1.00 e. The molecular weight excluding hydrogens is 478 g/mol. The number of hydrogen-bond donors (Lipinski definition) is 0. The van der Waals surface area contributed by atoms with E-state index in [2.05, 4.69) is 80.7 Å². The number of allylic oxidation sites excluding steroid dienone is 2. The Labute approximate surface area is 201 Å². The van der Waals surface area contributed by atoms with E-state index < -0.39 is 8.07 Å². The minimum atomic E-state index is -1.17. The zero-order valence-electron chi connectivity index (χ0n) is 16.6. The molecule has 2 aromatic rings. The summed E-state index contributed by atoms with van der Waals surface area (Å²) < 4.78 is 0. The molecule has 0 N–H and O–H groups in total. The molecule has 0 saturated heterocycles. The molecule has 1 aliphatic heterocycles. The second kappa shape index (κ2) is 8.76. The van der Waals surface area contributed by atoms with Crippen molar-refractivity contribution in [1.29, 1.82) is 0 Å². The first-order chi connectivity index (χ1) is 12.1. The van der Waals surface area contributed by atoms with Crippen LogP contribution in [0.5, 0.6) is 0 Å². The Balaban J connectivity index is 0.000000934. The molecular formula is C24H25Cl2SiZr. The van der Waals surface area contributed by atoms with Crippen LogP contribution < -0.4 is 24.8 Å². The van der Waals surface area contributed by atoms with Gasteiger partial charge in [-0.05, 0) is 16.7 Å². The third kappa shape index (κ3) is 3.60. The summed E-state index contributed by atoms with van der Waals surface area (Å²) in [6.45, 7) is 7.43. The zero-order valence-corrected chi connectivity index (χ0v) is 21.6. The van der Waals surface area contributed by atoms with Crippen LogP contribution in [0.3, 0.4) is 0 Å². The quantitative estimate of drug-likeness (QED) is 0.422. The summed E-state index contributed by atoms with van der Waals surface area (Å²) >= 11 is 0. The molecule has 0 amide bonds. The molecule has 2 aromatic carbocycles. The molecule has 0 fully saturated rings. The van der Waals surface area contributed by atoms with Crippen LogP contribution in [0, 0.1) is 5.92 Å². The Kier molecular flexibility index (Phi) is 7.47. The van der Waals surface area contributed by atoms with Gasteiger partial charge in [0.1, 0.15) is 8.07 Å². The third-order valence-corrected chi connectivity index (χ3v) is 10.1. The van der Waals surface area contributed by atoms with E-state index >= 15 is 0 Å². The Morgan fingerprint density at radius 2 is 1.57 bits per heavy atom. The number of fused-ring (bicyclic) bond motifs is 3. The van der Waals surface area contributed by atoms with Crippen LogP contribution in [0.15, 0.2) is 59.8 Å². The first-order valence-corrected chi connectivity index (χ1v) is 12.5. The number of halogens is 2. The Morgan fingerprint density at radius 3 is 2.32 bits per heavy atom. The van der Waals surface area contributed by atoms with Gasteiger partial charge in [-0.25, -0.2) is 0 Å². The molecule has 0 bridgehead atoms. The van der Waals surface area contributed by atoms with Gasteiger partial charge in [0.2, 0.25) is 0 Å². The third-order valence-electron chi connectivity index (χ3n) is 6.62. The Morgan fingerprint density at radius 1 is 0.929 bits per heavy atom. The SMILES string of the molecule is C[C-](CCC1C2=C(c3ccccc31)[Si]2(C)C)C1C=Cc2ccccc21.[Cl-].[Cl-].[Zr+3]. The predicted molar refractivity (Wildman–Crippen MR) is 110 cm³/mol. The number of benzene rings is 2. The summed E-state index contributed by atoms with van der Waals surface area (Å²) in [4.78, 5) is 0. The average molecular weight is 504 g/mol. The second-order valence-corrected chi connectivity index (χ2v) is 12.7. The van der Waals surface area contributed by atoms with Crippen LogP contribution in [0.25, 0.3) is 11.3 Å². The fraction of sp³-hybridized carbons (Fsp3) is 0.292. The van der Waals surface area contributed by atoms with E-state index in [-0.39, 0.29) is 51.0 Å². The Bertz CT molecular complexity index is 932. The van der Waals surface area contributed by atoms with E-state index in [1.807, 2.05) is 5.20 Å². The summed E-state index contributed by atoms with van der Waals surface area (Å²) in [5.74, 6) is 2.84. The van der Waals surface area contributed by atoms with Gasteiger partial charge in [0.05, 0.1) is 0 Å². The summed E-state index contributed by atoms with van der Waals surface area (Å²) in [7, 11) is -1.17. The fourth-order valence-corrected chi connectivity index (χ4v) is 9.41. The molecule has 28 heavy (non-hydrogen) atoms. The molecule has 2 atom stereocenters. The predicted octanol–water partition coefficient (Wildman–Crippen LogP) is 0.528.